The molecule has 1 heterocycles. The lowest BCUT2D eigenvalue weighted by molar-refractivity contribution is -0.142. The predicted octanol–water partition coefficient (Wildman–Crippen LogP) is 2.18. The van der Waals surface area contributed by atoms with Crippen molar-refractivity contribution in [3.63, 3.8) is 0 Å². The third-order valence-corrected chi connectivity index (χ3v) is 3.65. The Bertz CT molecular complexity index is 464. The first-order valence-electron chi connectivity index (χ1n) is 6.40. The van der Waals surface area contributed by atoms with Crippen LogP contribution in [0.1, 0.15) is 18.9 Å². The largest absolute Gasteiger partial charge is 0.489 e. The Hall–Kier alpha value is -1.26. The summed E-state index contributed by atoms with van der Waals surface area (Å²) in [6.07, 6.45) is 1.47. The number of carbonyl (C=O) groups excluding carboxylic acids is 1. The number of ether oxygens (including phenoxy) is 2. The molecule has 2 atom stereocenters. The third-order valence-electron chi connectivity index (χ3n) is 3.28. The van der Waals surface area contributed by atoms with Crippen LogP contribution in [0.3, 0.4) is 0 Å². The van der Waals surface area contributed by atoms with Crippen molar-refractivity contribution in [2.45, 2.75) is 31.9 Å². The second kappa shape index (κ2) is 6.26. The molecular formula is C14H18ClNO3. The van der Waals surface area contributed by atoms with Gasteiger partial charge in [0.1, 0.15) is 17.9 Å². The summed E-state index contributed by atoms with van der Waals surface area (Å²) in [5, 5.41) is 3.85. The van der Waals surface area contributed by atoms with E-state index in [1.54, 1.807) is 0 Å². The van der Waals surface area contributed by atoms with Gasteiger partial charge >= 0.3 is 5.97 Å². The molecular weight excluding hydrogens is 266 g/mol. The number of rotatable bonds is 4. The highest BCUT2D eigenvalue weighted by Crippen LogP contribution is 2.24. The topological polar surface area (TPSA) is 47.6 Å². The van der Waals surface area contributed by atoms with Gasteiger partial charge in [-0.3, -0.25) is 4.79 Å². The quantitative estimate of drug-likeness (QED) is 0.861. The lowest BCUT2D eigenvalue weighted by atomic mass is 10.1. The van der Waals surface area contributed by atoms with Gasteiger partial charge in [-0.25, -0.2) is 0 Å². The molecule has 5 heteroatoms. The van der Waals surface area contributed by atoms with Gasteiger partial charge in [-0.05, 0) is 30.2 Å². The van der Waals surface area contributed by atoms with Crippen LogP contribution in [-0.2, 0) is 16.0 Å². The van der Waals surface area contributed by atoms with Crippen LogP contribution >= 0.6 is 11.6 Å². The molecule has 1 aromatic carbocycles. The fraction of sp³-hybridized carbons (Fsp3) is 0.500. The minimum atomic E-state index is -0.270. The average Bonchev–Trinajstić information content (AvgIpc) is 2.88. The minimum Gasteiger partial charge on any atom is -0.489 e. The summed E-state index contributed by atoms with van der Waals surface area (Å²) < 4.78 is 10.6. The summed E-state index contributed by atoms with van der Waals surface area (Å²) in [6, 6.07) is 5.38. The van der Waals surface area contributed by atoms with Crippen LogP contribution in [0.2, 0.25) is 5.02 Å². The number of nitrogens with one attached hydrogen (secondary N) is 1. The first-order valence-corrected chi connectivity index (χ1v) is 6.78. The number of esters is 1. The van der Waals surface area contributed by atoms with Crippen LogP contribution in [0.4, 0.5) is 0 Å². The van der Waals surface area contributed by atoms with Gasteiger partial charge < -0.3 is 14.8 Å². The molecule has 1 saturated heterocycles. The maximum absolute atomic E-state index is 11.4. The second-order valence-corrected chi connectivity index (χ2v) is 4.97. The Kier molecular flexibility index (Phi) is 4.66. The van der Waals surface area contributed by atoms with Crippen LogP contribution < -0.4 is 10.1 Å². The van der Waals surface area contributed by atoms with Crippen molar-refractivity contribution >= 4 is 17.6 Å². The number of methoxy groups -OCH3 is 1. The normalized spacial score (nSPS) is 22.3. The van der Waals surface area contributed by atoms with Gasteiger partial charge in [-0.2, -0.15) is 0 Å². The van der Waals surface area contributed by atoms with E-state index >= 15 is 0 Å². The van der Waals surface area contributed by atoms with Gasteiger partial charge in [0.2, 0.25) is 0 Å². The van der Waals surface area contributed by atoms with Crippen molar-refractivity contribution in [3.8, 4) is 5.75 Å². The Morgan fingerprint density at radius 1 is 1.53 bits per heavy atom. The van der Waals surface area contributed by atoms with Gasteiger partial charge in [0.15, 0.2) is 0 Å². The molecule has 19 heavy (non-hydrogen) atoms. The fourth-order valence-corrected chi connectivity index (χ4v) is 2.45. The molecule has 0 spiro atoms. The molecule has 0 saturated carbocycles. The van der Waals surface area contributed by atoms with E-state index in [9.17, 15) is 4.79 Å². The number of carbonyl (C=O) groups is 1. The highest BCUT2D eigenvalue weighted by molar-refractivity contribution is 6.31. The lowest BCUT2D eigenvalue weighted by Gasteiger charge is -2.14. The van der Waals surface area contributed by atoms with Crippen LogP contribution in [0, 0.1) is 0 Å². The maximum Gasteiger partial charge on any atom is 0.323 e. The van der Waals surface area contributed by atoms with Gasteiger partial charge in [0, 0.05) is 18.0 Å². The average molecular weight is 284 g/mol. The van der Waals surface area contributed by atoms with Crippen molar-refractivity contribution in [2.75, 3.05) is 13.7 Å². The number of hydrogen-bond acceptors (Lipinski definition) is 4. The van der Waals surface area contributed by atoms with Gasteiger partial charge in [-0.1, -0.05) is 18.5 Å². The van der Waals surface area contributed by atoms with Crippen molar-refractivity contribution in [1.29, 1.82) is 0 Å². The van der Waals surface area contributed by atoms with E-state index in [0.29, 0.717) is 13.0 Å². The molecule has 1 fully saturated rings. The zero-order valence-electron chi connectivity index (χ0n) is 11.1. The molecule has 1 aromatic rings. The summed E-state index contributed by atoms with van der Waals surface area (Å²) in [5.74, 6) is 0.551. The third kappa shape index (κ3) is 3.39. The van der Waals surface area contributed by atoms with E-state index in [-0.39, 0.29) is 18.1 Å². The van der Waals surface area contributed by atoms with Crippen LogP contribution in [-0.4, -0.2) is 31.8 Å². The van der Waals surface area contributed by atoms with Gasteiger partial charge in [0.05, 0.1) is 7.11 Å². The smallest absolute Gasteiger partial charge is 0.323 e. The van der Waals surface area contributed by atoms with E-state index in [0.717, 1.165) is 22.8 Å². The van der Waals surface area contributed by atoms with Crippen molar-refractivity contribution in [2.24, 2.45) is 0 Å². The first kappa shape index (κ1) is 14.2. The van der Waals surface area contributed by atoms with Crippen LogP contribution in [0.15, 0.2) is 18.2 Å². The Morgan fingerprint density at radius 2 is 2.32 bits per heavy atom. The van der Waals surface area contributed by atoms with E-state index in [4.69, 9.17) is 21.1 Å². The second-order valence-electron chi connectivity index (χ2n) is 4.57. The zero-order valence-corrected chi connectivity index (χ0v) is 11.9. The fourth-order valence-electron chi connectivity index (χ4n) is 2.20. The summed E-state index contributed by atoms with van der Waals surface area (Å²) in [7, 11) is 1.39. The lowest BCUT2D eigenvalue weighted by Crippen LogP contribution is -2.31. The Morgan fingerprint density at radius 3 is 3.00 bits per heavy atom. The van der Waals surface area contributed by atoms with Crippen molar-refractivity contribution < 1.29 is 14.3 Å². The molecule has 4 nitrogen and oxygen atoms in total. The highest BCUT2D eigenvalue weighted by Gasteiger charge is 2.31. The molecule has 1 aliphatic rings. The SMILES string of the molecule is CCc1cc(O[C@H]2CN[C@H](C(=O)OC)C2)ccc1Cl. The standard InChI is InChI=1S/C14H18ClNO3/c1-3-9-6-10(4-5-12(9)15)19-11-7-13(16-8-11)14(17)18-2/h4-6,11,13,16H,3,7-8H2,1-2H3/t11-,13+/m1/s1. The van der Waals surface area contributed by atoms with Crippen molar-refractivity contribution in [3.05, 3.63) is 28.8 Å². The van der Waals surface area contributed by atoms with E-state index < -0.39 is 0 Å². The summed E-state index contributed by atoms with van der Waals surface area (Å²) in [6.45, 7) is 2.69. The summed E-state index contributed by atoms with van der Waals surface area (Å²) >= 11 is 6.07. The number of halogens is 1. The minimum absolute atomic E-state index is 0.0185. The molecule has 0 aliphatic carbocycles. The Labute approximate surface area is 118 Å². The van der Waals surface area contributed by atoms with Crippen LogP contribution in [0.25, 0.3) is 0 Å². The number of hydrogen-bond donors (Lipinski definition) is 1. The molecule has 0 amide bonds. The highest BCUT2D eigenvalue weighted by atomic mass is 35.5. The predicted molar refractivity (Wildman–Crippen MR) is 73.7 cm³/mol. The maximum atomic E-state index is 11.4. The van der Waals surface area contributed by atoms with E-state index in [1.165, 1.54) is 7.11 Å². The Balaban J connectivity index is 1.97. The van der Waals surface area contributed by atoms with Crippen LogP contribution in [0.5, 0.6) is 5.75 Å². The summed E-state index contributed by atoms with van der Waals surface area (Å²) in [5.41, 5.74) is 1.06. The summed E-state index contributed by atoms with van der Waals surface area (Å²) in [4.78, 5) is 11.4. The van der Waals surface area contributed by atoms with E-state index in [1.807, 2.05) is 18.2 Å². The van der Waals surface area contributed by atoms with Gasteiger partial charge in [-0.15, -0.1) is 0 Å². The van der Waals surface area contributed by atoms with Gasteiger partial charge in [0.25, 0.3) is 0 Å². The molecule has 0 unspecified atom stereocenters. The molecule has 1 N–H and O–H groups in total. The van der Waals surface area contributed by atoms with Crippen molar-refractivity contribution in [1.82, 2.24) is 5.32 Å². The molecule has 0 aromatic heterocycles. The number of benzene rings is 1. The number of aryl methyl sites for hydroxylation is 1. The molecule has 1 aliphatic heterocycles. The molecule has 0 radical (unpaired) electrons. The zero-order chi connectivity index (χ0) is 13.8. The first-order chi connectivity index (χ1) is 9.13. The monoisotopic (exact) mass is 283 g/mol. The molecule has 104 valence electrons. The molecule has 2 rings (SSSR count). The molecule has 0 bridgehead atoms. The van der Waals surface area contributed by atoms with E-state index in [2.05, 4.69) is 12.2 Å².